The predicted octanol–water partition coefficient (Wildman–Crippen LogP) is 2.77. The van der Waals surface area contributed by atoms with Crippen LogP contribution in [-0.4, -0.2) is 36.6 Å². The van der Waals surface area contributed by atoms with Crippen LogP contribution in [0.2, 0.25) is 0 Å². The summed E-state index contributed by atoms with van der Waals surface area (Å²) in [6.07, 6.45) is 0.843. The minimum absolute atomic E-state index is 0.0644. The summed E-state index contributed by atoms with van der Waals surface area (Å²) >= 11 is 3.31. The van der Waals surface area contributed by atoms with Crippen LogP contribution < -0.4 is 0 Å². The molecular weight excluding hydrogens is 313 g/mol. The summed E-state index contributed by atoms with van der Waals surface area (Å²) < 4.78 is 19.8. The Hall–Kier alpha value is -0.940. The fourth-order valence-corrected chi connectivity index (χ4v) is 2.59. The molecule has 0 saturated carbocycles. The van der Waals surface area contributed by atoms with Gasteiger partial charge in [-0.3, -0.25) is 4.79 Å². The molecule has 1 fully saturated rings. The summed E-state index contributed by atoms with van der Waals surface area (Å²) in [6.45, 7) is 3.79. The highest BCUT2D eigenvalue weighted by Gasteiger charge is 2.21. The van der Waals surface area contributed by atoms with Gasteiger partial charge in [-0.05, 0) is 37.1 Å². The van der Waals surface area contributed by atoms with Gasteiger partial charge in [0.25, 0.3) is 0 Å². The number of halogens is 2. The number of benzene rings is 1. The van der Waals surface area contributed by atoms with Gasteiger partial charge in [0.2, 0.25) is 5.91 Å². The summed E-state index contributed by atoms with van der Waals surface area (Å²) in [5, 5.41) is 0. The Morgan fingerprint density at radius 2 is 2.37 bits per heavy atom. The van der Waals surface area contributed by atoms with E-state index >= 15 is 0 Å². The Balaban J connectivity index is 1.91. The summed E-state index contributed by atoms with van der Waals surface area (Å²) in [7, 11) is 0. The second kappa shape index (κ2) is 6.48. The SMILES string of the molecule is C[C@H]1CN(C(=O)CCc2cc(Br)ccc2F)CCO1. The van der Waals surface area contributed by atoms with Crippen LogP contribution in [0.15, 0.2) is 22.7 Å². The van der Waals surface area contributed by atoms with Crippen LogP contribution in [0, 0.1) is 5.82 Å². The largest absolute Gasteiger partial charge is 0.375 e. The molecule has 1 aromatic rings. The molecule has 2 rings (SSSR count). The molecule has 0 spiro atoms. The number of rotatable bonds is 3. The van der Waals surface area contributed by atoms with E-state index in [1.54, 1.807) is 17.0 Å². The molecule has 0 N–H and O–H groups in total. The first-order valence-corrected chi connectivity index (χ1v) is 7.19. The van der Waals surface area contributed by atoms with Gasteiger partial charge in [-0.1, -0.05) is 15.9 Å². The standard InChI is InChI=1S/C14H17BrFNO2/c1-10-9-17(6-7-19-10)14(18)5-2-11-8-12(15)3-4-13(11)16/h3-4,8,10H,2,5-7,9H2,1H3/t10-/m0/s1. The normalized spacial score (nSPS) is 19.5. The van der Waals surface area contributed by atoms with Gasteiger partial charge in [0.05, 0.1) is 12.7 Å². The first-order valence-electron chi connectivity index (χ1n) is 6.39. The monoisotopic (exact) mass is 329 g/mol. The molecule has 1 saturated heterocycles. The first-order chi connectivity index (χ1) is 9.06. The number of ether oxygens (including phenoxy) is 1. The van der Waals surface area contributed by atoms with Gasteiger partial charge in [0, 0.05) is 24.0 Å². The Labute approximate surface area is 120 Å². The van der Waals surface area contributed by atoms with Gasteiger partial charge in [-0.25, -0.2) is 4.39 Å². The number of amides is 1. The van der Waals surface area contributed by atoms with E-state index in [0.29, 0.717) is 38.1 Å². The third-order valence-corrected chi connectivity index (χ3v) is 3.70. The maximum absolute atomic E-state index is 13.6. The van der Waals surface area contributed by atoms with Gasteiger partial charge >= 0.3 is 0 Å². The third kappa shape index (κ3) is 4.01. The molecule has 104 valence electrons. The number of carbonyl (C=O) groups excluding carboxylic acids is 1. The van der Waals surface area contributed by atoms with Gasteiger partial charge in [-0.2, -0.15) is 0 Å². The maximum Gasteiger partial charge on any atom is 0.223 e. The fourth-order valence-electron chi connectivity index (χ4n) is 2.18. The van der Waals surface area contributed by atoms with Crippen LogP contribution in [0.3, 0.4) is 0 Å². The Bertz CT molecular complexity index is 467. The average Bonchev–Trinajstić information content (AvgIpc) is 2.39. The van der Waals surface area contributed by atoms with Crippen molar-refractivity contribution in [3.63, 3.8) is 0 Å². The second-order valence-electron chi connectivity index (χ2n) is 4.76. The molecule has 19 heavy (non-hydrogen) atoms. The van der Waals surface area contributed by atoms with E-state index in [1.165, 1.54) is 6.07 Å². The minimum atomic E-state index is -0.258. The van der Waals surface area contributed by atoms with E-state index < -0.39 is 0 Å². The molecule has 1 aromatic carbocycles. The lowest BCUT2D eigenvalue weighted by atomic mass is 10.1. The molecule has 1 aliphatic rings. The van der Waals surface area contributed by atoms with Crippen LogP contribution in [0.1, 0.15) is 18.9 Å². The van der Waals surface area contributed by atoms with Crippen LogP contribution in [-0.2, 0) is 16.0 Å². The van der Waals surface area contributed by atoms with Crippen LogP contribution >= 0.6 is 15.9 Å². The zero-order valence-electron chi connectivity index (χ0n) is 10.9. The van der Waals surface area contributed by atoms with Crippen LogP contribution in [0.5, 0.6) is 0 Å². The van der Waals surface area contributed by atoms with Crippen molar-refractivity contribution in [2.45, 2.75) is 25.9 Å². The molecule has 1 atom stereocenters. The quantitative estimate of drug-likeness (QED) is 0.853. The van der Waals surface area contributed by atoms with E-state index in [0.717, 1.165) is 4.47 Å². The first kappa shape index (κ1) is 14.5. The molecule has 0 radical (unpaired) electrons. The van der Waals surface area contributed by atoms with E-state index in [9.17, 15) is 9.18 Å². The summed E-state index contributed by atoms with van der Waals surface area (Å²) in [5.41, 5.74) is 0.573. The zero-order valence-corrected chi connectivity index (χ0v) is 12.5. The van der Waals surface area contributed by atoms with Crippen LogP contribution in [0.25, 0.3) is 0 Å². The van der Waals surface area contributed by atoms with Crippen molar-refractivity contribution >= 4 is 21.8 Å². The Morgan fingerprint density at radius 3 is 3.11 bits per heavy atom. The van der Waals surface area contributed by atoms with Gasteiger partial charge in [0.15, 0.2) is 0 Å². The molecule has 0 bridgehead atoms. The Morgan fingerprint density at radius 1 is 1.58 bits per heavy atom. The molecular formula is C14H17BrFNO2. The van der Waals surface area contributed by atoms with Crippen molar-refractivity contribution in [3.05, 3.63) is 34.1 Å². The molecule has 1 amide bonds. The number of aryl methyl sites for hydroxylation is 1. The topological polar surface area (TPSA) is 29.5 Å². The van der Waals surface area contributed by atoms with Crippen molar-refractivity contribution in [1.29, 1.82) is 0 Å². The molecule has 0 unspecified atom stereocenters. The lowest BCUT2D eigenvalue weighted by molar-refractivity contribution is -0.138. The molecule has 0 aliphatic carbocycles. The Kier molecular flexibility index (Phi) is 4.93. The zero-order chi connectivity index (χ0) is 13.8. The molecule has 3 nitrogen and oxygen atoms in total. The van der Waals surface area contributed by atoms with Gasteiger partial charge < -0.3 is 9.64 Å². The average molecular weight is 330 g/mol. The van der Waals surface area contributed by atoms with Crippen molar-refractivity contribution in [3.8, 4) is 0 Å². The summed E-state index contributed by atoms with van der Waals surface area (Å²) in [5.74, 6) is -0.194. The van der Waals surface area contributed by atoms with E-state index in [-0.39, 0.29) is 17.8 Å². The number of morpholine rings is 1. The lowest BCUT2D eigenvalue weighted by Crippen LogP contribution is -2.44. The van der Waals surface area contributed by atoms with Gasteiger partial charge in [0.1, 0.15) is 5.82 Å². The third-order valence-electron chi connectivity index (χ3n) is 3.21. The lowest BCUT2D eigenvalue weighted by Gasteiger charge is -2.31. The minimum Gasteiger partial charge on any atom is -0.375 e. The van der Waals surface area contributed by atoms with E-state index in [4.69, 9.17) is 4.74 Å². The highest BCUT2D eigenvalue weighted by molar-refractivity contribution is 9.10. The number of nitrogens with zero attached hydrogens (tertiary/aromatic N) is 1. The smallest absolute Gasteiger partial charge is 0.223 e. The fraction of sp³-hybridized carbons (Fsp3) is 0.500. The van der Waals surface area contributed by atoms with E-state index in [2.05, 4.69) is 15.9 Å². The molecule has 0 aromatic heterocycles. The second-order valence-corrected chi connectivity index (χ2v) is 5.67. The predicted molar refractivity (Wildman–Crippen MR) is 74.4 cm³/mol. The van der Waals surface area contributed by atoms with Crippen molar-refractivity contribution in [1.82, 2.24) is 4.90 Å². The van der Waals surface area contributed by atoms with Crippen molar-refractivity contribution < 1.29 is 13.9 Å². The number of hydrogen-bond acceptors (Lipinski definition) is 2. The molecule has 1 aliphatic heterocycles. The maximum atomic E-state index is 13.6. The summed E-state index contributed by atoms with van der Waals surface area (Å²) in [6, 6.07) is 4.80. The molecule has 5 heteroatoms. The van der Waals surface area contributed by atoms with Gasteiger partial charge in [-0.15, -0.1) is 0 Å². The van der Waals surface area contributed by atoms with Crippen molar-refractivity contribution in [2.24, 2.45) is 0 Å². The van der Waals surface area contributed by atoms with Crippen LogP contribution in [0.4, 0.5) is 4.39 Å². The van der Waals surface area contributed by atoms with E-state index in [1.807, 2.05) is 6.92 Å². The number of hydrogen-bond donors (Lipinski definition) is 0. The summed E-state index contributed by atoms with van der Waals surface area (Å²) in [4.78, 5) is 13.8. The highest BCUT2D eigenvalue weighted by atomic mass is 79.9. The highest BCUT2D eigenvalue weighted by Crippen LogP contribution is 2.17. The number of carbonyl (C=O) groups is 1. The van der Waals surface area contributed by atoms with Crippen molar-refractivity contribution in [2.75, 3.05) is 19.7 Å². The molecule has 1 heterocycles.